The predicted octanol–water partition coefficient (Wildman–Crippen LogP) is 3.74. The lowest BCUT2D eigenvalue weighted by atomic mass is 10.2. The predicted molar refractivity (Wildman–Crippen MR) is 72.1 cm³/mol. The van der Waals surface area contributed by atoms with Crippen molar-refractivity contribution < 1.29 is 9.18 Å². The van der Waals surface area contributed by atoms with Crippen molar-refractivity contribution in [2.45, 2.75) is 26.2 Å². The van der Waals surface area contributed by atoms with Crippen LogP contribution in [0.1, 0.15) is 26.2 Å². The van der Waals surface area contributed by atoms with Gasteiger partial charge in [0.25, 0.3) is 0 Å². The molecule has 1 amide bonds. The molecule has 94 valence electrons. The van der Waals surface area contributed by atoms with Crippen molar-refractivity contribution in [2.75, 3.05) is 16.8 Å². The van der Waals surface area contributed by atoms with E-state index in [9.17, 15) is 9.18 Å². The first-order valence-corrected chi connectivity index (χ1v) is 6.93. The molecule has 1 rings (SSSR count). The molecule has 0 saturated heterocycles. The van der Waals surface area contributed by atoms with Gasteiger partial charge in [-0.15, -0.1) is 0 Å². The molecular formula is C13H17BrFNO. The van der Waals surface area contributed by atoms with E-state index in [1.54, 1.807) is 18.2 Å². The van der Waals surface area contributed by atoms with E-state index in [0.29, 0.717) is 18.7 Å². The van der Waals surface area contributed by atoms with Crippen LogP contribution in [0.25, 0.3) is 0 Å². The molecule has 0 heterocycles. The molecule has 0 saturated carbocycles. The Morgan fingerprint density at radius 1 is 1.35 bits per heavy atom. The molecule has 0 atom stereocenters. The van der Waals surface area contributed by atoms with Gasteiger partial charge in [-0.1, -0.05) is 28.1 Å². The molecule has 4 heteroatoms. The summed E-state index contributed by atoms with van der Waals surface area (Å²) in [5, 5.41) is 0.895. The Balaban J connectivity index is 2.71. The summed E-state index contributed by atoms with van der Waals surface area (Å²) in [6.07, 6.45) is 2.25. The second-order valence-corrected chi connectivity index (χ2v) is 4.53. The van der Waals surface area contributed by atoms with Crippen molar-refractivity contribution in [3.05, 3.63) is 30.1 Å². The second kappa shape index (κ2) is 7.43. The summed E-state index contributed by atoms with van der Waals surface area (Å²) in [4.78, 5) is 13.4. The highest BCUT2D eigenvalue weighted by Crippen LogP contribution is 2.19. The molecule has 1 aromatic rings. The van der Waals surface area contributed by atoms with Crippen LogP contribution in [0.3, 0.4) is 0 Å². The maximum atomic E-state index is 13.6. The van der Waals surface area contributed by atoms with Gasteiger partial charge in [0.2, 0.25) is 5.91 Å². The van der Waals surface area contributed by atoms with Crippen LogP contribution >= 0.6 is 15.9 Å². The number of carbonyl (C=O) groups is 1. The fourth-order valence-electron chi connectivity index (χ4n) is 1.66. The third kappa shape index (κ3) is 4.11. The van der Waals surface area contributed by atoms with Crippen molar-refractivity contribution >= 4 is 27.5 Å². The largest absolute Gasteiger partial charge is 0.310 e. The lowest BCUT2D eigenvalue weighted by Gasteiger charge is -2.21. The Kier molecular flexibility index (Phi) is 6.19. The number of anilines is 1. The molecule has 0 radical (unpaired) electrons. The highest BCUT2D eigenvalue weighted by Gasteiger charge is 2.16. The van der Waals surface area contributed by atoms with Crippen molar-refractivity contribution in [1.29, 1.82) is 0 Å². The van der Waals surface area contributed by atoms with Gasteiger partial charge >= 0.3 is 0 Å². The van der Waals surface area contributed by atoms with Gasteiger partial charge in [0.05, 0.1) is 5.69 Å². The molecule has 2 nitrogen and oxygen atoms in total. The quantitative estimate of drug-likeness (QED) is 0.579. The number of para-hydroxylation sites is 1. The van der Waals surface area contributed by atoms with Crippen LogP contribution in [0.4, 0.5) is 10.1 Å². The fraction of sp³-hybridized carbons (Fsp3) is 0.462. The third-order valence-corrected chi connectivity index (χ3v) is 3.10. The number of amides is 1. The first-order chi connectivity index (χ1) is 8.20. The normalized spacial score (nSPS) is 10.3. The number of halogens is 2. The van der Waals surface area contributed by atoms with Gasteiger partial charge in [0.15, 0.2) is 0 Å². The summed E-state index contributed by atoms with van der Waals surface area (Å²) in [6.45, 7) is 2.35. The van der Waals surface area contributed by atoms with Crippen molar-refractivity contribution in [3.63, 3.8) is 0 Å². The minimum absolute atomic E-state index is 0.0152. The number of benzene rings is 1. The van der Waals surface area contributed by atoms with Crippen LogP contribution in [0, 0.1) is 5.82 Å². The Hall–Kier alpha value is -0.900. The minimum atomic E-state index is -0.344. The zero-order valence-electron chi connectivity index (χ0n) is 9.96. The number of alkyl halides is 1. The maximum Gasteiger partial charge on any atom is 0.227 e. The highest BCUT2D eigenvalue weighted by molar-refractivity contribution is 9.09. The van der Waals surface area contributed by atoms with Gasteiger partial charge in [-0.25, -0.2) is 4.39 Å². The van der Waals surface area contributed by atoms with E-state index >= 15 is 0 Å². The molecular weight excluding hydrogens is 285 g/mol. The van der Waals surface area contributed by atoms with Crippen molar-refractivity contribution in [2.24, 2.45) is 0 Å². The third-order valence-electron chi connectivity index (χ3n) is 2.53. The molecule has 0 spiro atoms. The molecule has 0 aliphatic carbocycles. The average Bonchev–Trinajstić information content (AvgIpc) is 2.33. The average molecular weight is 302 g/mol. The van der Waals surface area contributed by atoms with Crippen LogP contribution in [-0.4, -0.2) is 17.8 Å². The monoisotopic (exact) mass is 301 g/mol. The van der Waals surface area contributed by atoms with Gasteiger partial charge < -0.3 is 4.90 Å². The van der Waals surface area contributed by atoms with Crippen LogP contribution in [0.15, 0.2) is 24.3 Å². The Morgan fingerprint density at radius 2 is 2.06 bits per heavy atom. The van der Waals surface area contributed by atoms with Gasteiger partial charge in [-0.05, 0) is 31.9 Å². The van der Waals surface area contributed by atoms with Gasteiger partial charge in [0.1, 0.15) is 5.82 Å². The number of carbonyl (C=O) groups excluding carboxylic acids is 1. The summed E-state index contributed by atoms with van der Waals surface area (Å²) in [5.74, 6) is -0.359. The van der Waals surface area contributed by atoms with E-state index in [4.69, 9.17) is 0 Å². The Labute approximate surface area is 110 Å². The molecule has 0 unspecified atom stereocenters. The second-order valence-electron chi connectivity index (χ2n) is 3.74. The highest BCUT2D eigenvalue weighted by atomic mass is 79.9. The lowest BCUT2D eigenvalue weighted by molar-refractivity contribution is -0.118. The molecule has 0 bridgehead atoms. The van der Waals surface area contributed by atoms with Crippen LogP contribution in [0.5, 0.6) is 0 Å². The zero-order valence-corrected chi connectivity index (χ0v) is 11.5. The summed E-state index contributed by atoms with van der Waals surface area (Å²) in [7, 11) is 0. The summed E-state index contributed by atoms with van der Waals surface area (Å²) in [6, 6.07) is 6.39. The van der Waals surface area contributed by atoms with Crippen LogP contribution in [-0.2, 0) is 4.79 Å². The smallest absolute Gasteiger partial charge is 0.227 e. The van der Waals surface area contributed by atoms with E-state index < -0.39 is 0 Å². The van der Waals surface area contributed by atoms with Crippen LogP contribution in [0.2, 0.25) is 0 Å². The Bertz CT molecular complexity index is 370. The molecule has 0 fully saturated rings. The SMILES string of the molecule is CCN(C(=O)CCCCBr)c1ccccc1F. The minimum Gasteiger partial charge on any atom is -0.310 e. The number of hydrogen-bond acceptors (Lipinski definition) is 1. The summed E-state index contributed by atoms with van der Waals surface area (Å²) >= 11 is 3.33. The molecule has 0 aromatic heterocycles. The van der Waals surface area contributed by atoms with Gasteiger partial charge in [-0.2, -0.15) is 0 Å². The van der Waals surface area contributed by atoms with Crippen molar-refractivity contribution in [1.82, 2.24) is 0 Å². The molecule has 0 aliphatic rings. The maximum absolute atomic E-state index is 13.6. The standard InChI is InChI=1S/C13H17BrFNO/c1-2-16(13(17)9-5-6-10-14)12-8-4-3-7-11(12)15/h3-4,7-8H,2,5-6,9-10H2,1H3. The van der Waals surface area contributed by atoms with E-state index in [-0.39, 0.29) is 11.7 Å². The van der Waals surface area contributed by atoms with Crippen LogP contribution < -0.4 is 4.90 Å². The lowest BCUT2D eigenvalue weighted by Crippen LogP contribution is -2.31. The first-order valence-electron chi connectivity index (χ1n) is 5.81. The zero-order chi connectivity index (χ0) is 12.7. The van der Waals surface area contributed by atoms with Gasteiger partial charge in [-0.3, -0.25) is 4.79 Å². The molecule has 17 heavy (non-hydrogen) atoms. The van der Waals surface area contributed by atoms with E-state index in [2.05, 4.69) is 15.9 Å². The number of unbranched alkanes of at least 4 members (excludes halogenated alkanes) is 1. The van der Waals surface area contributed by atoms with E-state index in [1.165, 1.54) is 11.0 Å². The molecule has 0 aliphatic heterocycles. The van der Waals surface area contributed by atoms with Gasteiger partial charge in [0, 0.05) is 18.3 Å². The fourth-order valence-corrected chi connectivity index (χ4v) is 2.05. The summed E-state index contributed by atoms with van der Waals surface area (Å²) < 4.78 is 13.6. The number of rotatable bonds is 6. The van der Waals surface area contributed by atoms with Crippen molar-refractivity contribution in [3.8, 4) is 0 Å². The molecule has 0 N–H and O–H groups in total. The van der Waals surface area contributed by atoms with E-state index in [0.717, 1.165) is 18.2 Å². The Morgan fingerprint density at radius 3 is 2.65 bits per heavy atom. The molecule has 1 aromatic carbocycles. The number of nitrogens with zero attached hydrogens (tertiary/aromatic N) is 1. The topological polar surface area (TPSA) is 20.3 Å². The summed E-state index contributed by atoms with van der Waals surface area (Å²) in [5.41, 5.74) is 0.374. The first kappa shape index (κ1) is 14.2. The van der Waals surface area contributed by atoms with E-state index in [1.807, 2.05) is 6.92 Å². The number of hydrogen-bond donors (Lipinski definition) is 0.